The first-order valence-corrected chi connectivity index (χ1v) is 8.18. The minimum Gasteiger partial charge on any atom is -0.375 e. The Labute approximate surface area is 122 Å². The summed E-state index contributed by atoms with van der Waals surface area (Å²) < 4.78 is 26.4. The van der Waals surface area contributed by atoms with Gasteiger partial charge in [0.05, 0.1) is 17.9 Å². The predicted octanol–water partition coefficient (Wildman–Crippen LogP) is 1.56. The maximum absolute atomic E-state index is 12.5. The first-order chi connectivity index (χ1) is 9.30. The molecule has 0 atom stereocenters. The highest BCUT2D eigenvalue weighted by Crippen LogP contribution is 2.27. The van der Waals surface area contributed by atoms with Gasteiger partial charge in [-0.1, -0.05) is 17.4 Å². The Balaban J connectivity index is 2.28. The van der Waals surface area contributed by atoms with Gasteiger partial charge in [-0.25, -0.2) is 13.4 Å². The zero-order valence-corrected chi connectivity index (χ0v) is 13.1. The molecular formula is C12H16N4O2S2. The molecule has 0 spiro atoms. The van der Waals surface area contributed by atoms with Gasteiger partial charge in [-0.3, -0.25) is 4.98 Å². The molecule has 2 aromatic rings. The third kappa shape index (κ3) is 2.97. The molecule has 0 bridgehead atoms. The van der Waals surface area contributed by atoms with E-state index >= 15 is 0 Å². The van der Waals surface area contributed by atoms with Crippen LogP contribution in [0.4, 0.5) is 5.13 Å². The molecule has 2 heterocycles. The van der Waals surface area contributed by atoms with E-state index in [0.717, 1.165) is 17.0 Å². The Morgan fingerprint density at radius 3 is 2.55 bits per heavy atom. The van der Waals surface area contributed by atoms with Gasteiger partial charge in [0.1, 0.15) is 0 Å². The largest absolute Gasteiger partial charge is 0.375 e. The van der Waals surface area contributed by atoms with E-state index in [4.69, 9.17) is 5.73 Å². The van der Waals surface area contributed by atoms with Crippen LogP contribution in [0, 0.1) is 13.8 Å². The molecule has 8 heteroatoms. The van der Waals surface area contributed by atoms with Crippen LogP contribution < -0.4 is 5.73 Å². The van der Waals surface area contributed by atoms with Crippen molar-refractivity contribution in [3.8, 4) is 0 Å². The number of anilines is 1. The Kier molecular flexibility index (Phi) is 4.07. The lowest BCUT2D eigenvalue weighted by Crippen LogP contribution is -2.26. The topological polar surface area (TPSA) is 89.2 Å². The summed E-state index contributed by atoms with van der Waals surface area (Å²) in [6.45, 7) is 3.71. The third-order valence-electron chi connectivity index (χ3n) is 2.75. The predicted molar refractivity (Wildman–Crippen MR) is 78.9 cm³/mol. The second-order valence-corrected chi connectivity index (χ2v) is 7.73. The molecule has 20 heavy (non-hydrogen) atoms. The van der Waals surface area contributed by atoms with E-state index in [9.17, 15) is 8.42 Å². The molecular weight excluding hydrogens is 296 g/mol. The summed E-state index contributed by atoms with van der Waals surface area (Å²) >= 11 is 0.980. The first kappa shape index (κ1) is 14.9. The van der Waals surface area contributed by atoms with Crippen LogP contribution in [-0.2, 0) is 16.6 Å². The fourth-order valence-corrected chi connectivity index (χ4v) is 4.41. The van der Waals surface area contributed by atoms with E-state index in [2.05, 4.69) is 9.97 Å². The van der Waals surface area contributed by atoms with Crippen molar-refractivity contribution in [2.24, 2.45) is 0 Å². The number of nitrogens with two attached hydrogens (primary N) is 1. The number of thiazole rings is 1. The van der Waals surface area contributed by atoms with E-state index in [1.54, 1.807) is 13.0 Å². The lowest BCUT2D eigenvalue weighted by molar-refractivity contribution is 0.463. The summed E-state index contributed by atoms with van der Waals surface area (Å²) in [4.78, 5) is 8.26. The van der Waals surface area contributed by atoms with Crippen molar-refractivity contribution in [1.82, 2.24) is 14.3 Å². The van der Waals surface area contributed by atoms with Crippen LogP contribution >= 0.6 is 11.3 Å². The number of pyridine rings is 1. The van der Waals surface area contributed by atoms with Crippen molar-refractivity contribution in [3.05, 3.63) is 35.3 Å². The Hall–Kier alpha value is -1.51. The van der Waals surface area contributed by atoms with Gasteiger partial charge in [0.2, 0.25) is 0 Å². The molecule has 0 saturated carbocycles. The molecule has 0 aliphatic rings. The van der Waals surface area contributed by atoms with Crippen molar-refractivity contribution in [3.63, 3.8) is 0 Å². The van der Waals surface area contributed by atoms with Gasteiger partial charge in [0, 0.05) is 12.7 Å². The van der Waals surface area contributed by atoms with Crippen LogP contribution in [-0.4, -0.2) is 29.7 Å². The summed E-state index contributed by atoms with van der Waals surface area (Å²) in [6, 6.07) is 5.52. The lowest BCUT2D eigenvalue weighted by Gasteiger charge is -2.16. The molecule has 0 aliphatic heterocycles. The summed E-state index contributed by atoms with van der Waals surface area (Å²) in [5.74, 6) is 0. The molecule has 0 unspecified atom stereocenters. The lowest BCUT2D eigenvalue weighted by atomic mass is 10.3. The molecule has 0 amide bonds. The molecule has 0 aromatic carbocycles. The van der Waals surface area contributed by atoms with E-state index in [1.165, 1.54) is 11.4 Å². The summed E-state index contributed by atoms with van der Waals surface area (Å²) in [5, 5.41) is 0.253. The van der Waals surface area contributed by atoms with Crippen molar-refractivity contribution in [2.45, 2.75) is 24.6 Å². The van der Waals surface area contributed by atoms with Crippen molar-refractivity contribution in [1.29, 1.82) is 0 Å². The van der Waals surface area contributed by atoms with Gasteiger partial charge >= 0.3 is 0 Å². The van der Waals surface area contributed by atoms with Crippen molar-refractivity contribution < 1.29 is 8.42 Å². The molecule has 6 nitrogen and oxygen atoms in total. The Bertz CT molecular complexity index is 725. The zero-order valence-electron chi connectivity index (χ0n) is 11.5. The van der Waals surface area contributed by atoms with Crippen LogP contribution in [0.5, 0.6) is 0 Å². The van der Waals surface area contributed by atoms with Gasteiger partial charge < -0.3 is 5.73 Å². The minimum atomic E-state index is -3.59. The fraction of sp³-hybridized carbons (Fsp3) is 0.333. The molecule has 2 aromatic heterocycles. The molecule has 2 rings (SSSR count). The normalized spacial score (nSPS) is 12.0. The van der Waals surface area contributed by atoms with Crippen LogP contribution in [0.1, 0.15) is 17.1 Å². The minimum absolute atomic E-state index is 0.185. The molecule has 108 valence electrons. The summed E-state index contributed by atoms with van der Waals surface area (Å²) in [6.07, 6.45) is 0. The average molecular weight is 312 g/mol. The van der Waals surface area contributed by atoms with Gasteiger partial charge in [-0.2, -0.15) is 4.31 Å². The quantitative estimate of drug-likeness (QED) is 0.925. The van der Waals surface area contributed by atoms with Crippen molar-refractivity contribution >= 4 is 26.5 Å². The first-order valence-electron chi connectivity index (χ1n) is 5.92. The van der Waals surface area contributed by atoms with Gasteiger partial charge in [0.25, 0.3) is 10.0 Å². The Morgan fingerprint density at radius 2 is 2.00 bits per heavy atom. The monoisotopic (exact) mass is 312 g/mol. The molecule has 0 saturated heterocycles. The molecule has 0 fully saturated rings. The van der Waals surface area contributed by atoms with Crippen LogP contribution in [0.15, 0.2) is 22.4 Å². The average Bonchev–Trinajstić information content (AvgIpc) is 2.69. The second kappa shape index (κ2) is 5.47. The molecule has 2 N–H and O–H groups in total. The number of aromatic nitrogens is 2. The third-order valence-corrected chi connectivity index (χ3v) is 6.12. The van der Waals surface area contributed by atoms with E-state index in [0.29, 0.717) is 11.4 Å². The SMILES string of the molecule is Cc1cccc(CN(C)S(=O)(=O)c2sc(N)nc2C)n1. The molecule has 0 aliphatic carbocycles. The standard InChI is InChI=1S/C12H16N4O2S2/c1-8-5-4-6-10(14-8)7-16(3)20(17,18)11-9(2)15-12(13)19-11/h4-6H,7H2,1-3H3,(H2,13,15). The number of nitrogens with zero attached hydrogens (tertiary/aromatic N) is 3. The Morgan fingerprint density at radius 1 is 1.30 bits per heavy atom. The smallest absolute Gasteiger partial charge is 0.254 e. The highest BCUT2D eigenvalue weighted by atomic mass is 32.2. The molecule has 0 radical (unpaired) electrons. The summed E-state index contributed by atoms with van der Waals surface area (Å²) in [7, 11) is -2.07. The van der Waals surface area contributed by atoms with E-state index < -0.39 is 10.0 Å². The fourth-order valence-electron chi connectivity index (χ4n) is 1.78. The number of hydrogen-bond acceptors (Lipinski definition) is 6. The van der Waals surface area contributed by atoms with Crippen LogP contribution in [0.2, 0.25) is 0 Å². The van der Waals surface area contributed by atoms with Crippen molar-refractivity contribution in [2.75, 3.05) is 12.8 Å². The highest BCUT2D eigenvalue weighted by Gasteiger charge is 2.26. The van der Waals surface area contributed by atoms with Gasteiger partial charge in [-0.15, -0.1) is 0 Å². The van der Waals surface area contributed by atoms with Gasteiger partial charge in [-0.05, 0) is 26.0 Å². The maximum Gasteiger partial charge on any atom is 0.254 e. The van der Waals surface area contributed by atoms with E-state index in [-0.39, 0.29) is 15.9 Å². The second-order valence-electron chi connectivity index (χ2n) is 4.46. The number of aryl methyl sites for hydroxylation is 2. The number of rotatable bonds is 4. The number of hydrogen-bond donors (Lipinski definition) is 1. The highest BCUT2D eigenvalue weighted by molar-refractivity contribution is 7.91. The zero-order chi connectivity index (χ0) is 14.9. The number of sulfonamides is 1. The van der Waals surface area contributed by atoms with Crippen LogP contribution in [0.25, 0.3) is 0 Å². The van der Waals surface area contributed by atoms with Gasteiger partial charge in [0.15, 0.2) is 9.34 Å². The van der Waals surface area contributed by atoms with Crippen LogP contribution in [0.3, 0.4) is 0 Å². The van der Waals surface area contributed by atoms with E-state index in [1.807, 2.05) is 19.1 Å². The maximum atomic E-state index is 12.5. The summed E-state index contributed by atoms with van der Waals surface area (Å²) in [5.41, 5.74) is 7.54. The number of nitrogen functional groups attached to an aromatic ring is 1.